The lowest BCUT2D eigenvalue weighted by molar-refractivity contribution is 0.373. The zero-order valence-corrected chi connectivity index (χ0v) is 13.9. The molecular weight excluding hydrogens is 312 g/mol. The van der Waals surface area contributed by atoms with E-state index in [9.17, 15) is 9.90 Å². The zero-order valence-electron chi connectivity index (χ0n) is 13.9. The van der Waals surface area contributed by atoms with Gasteiger partial charge < -0.3 is 15.7 Å². The summed E-state index contributed by atoms with van der Waals surface area (Å²) < 4.78 is 5.87. The Morgan fingerprint density at radius 3 is 2.71 bits per heavy atom. The molecule has 0 radical (unpaired) electrons. The average molecular weight is 332 g/mol. The number of nitrogen functional groups attached to an aromatic ring is 1. The molecule has 0 spiro atoms. The summed E-state index contributed by atoms with van der Waals surface area (Å²) >= 11 is 0. The van der Waals surface area contributed by atoms with Gasteiger partial charge in [0.2, 0.25) is 0 Å². The van der Waals surface area contributed by atoms with Crippen molar-refractivity contribution in [3.05, 3.63) is 39.8 Å². The molecule has 1 heterocycles. The predicted octanol–water partition coefficient (Wildman–Crippen LogP) is 0.810. The molecule has 9 heteroatoms. The molecule has 0 saturated carbocycles. The first-order valence-electron chi connectivity index (χ1n) is 7.15. The Hall–Kier alpha value is -3.10. The van der Waals surface area contributed by atoms with Crippen LogP contribution in [0.25, 0.3) is 0 Å². The van der Waals surface area contributed by atoms with Crippen molar-refractivity contribution in [2.45, 2.75) is 26.2 Å². The first kappa shape index (κ1) is 17.3. The van der Waals surface area contributed by atoms with Gasteiger partial charge in [-0.2, -0.15) is 9.78 Å². The minimum absolute atomic E-state index is 0.00925. The van der Waals surface area contributed by atoms with Gasteiger partial charge in [-0.1, -0.05) is 20.8 Å². The van der Waals surface area contributed by atoms with E-state index in [-0.39, 0.29) is 17.4 Å². The van der Waals surface area contributed by atoms with Crippen LogP contribution >= 0.6 is 0 Å². The molecule has 0 amide bonds. The molecule has 1 aromatic carbocycles. The van der Waals surface area contributed by atoms with Crippen molar-refractivity contribution in [2.75, 3.05) is 18.4 Å². The molecule has 24 heavy (non-hydrogen) atoms. The number of nitrogens with one attached hydrogen (secondary N) is 1. The van der Waals surface area contributed by atoms with E-state index in [1.807, 2.05) is 20.8 Å². The Balaban J connectivity index is 2.21. The third-order valence-electron chi connectivity index (χ3n) is 3.19. The van der Waals surface area contributed by atoms with E-state index in [0.717, 1.165) is 4.68 Å². The van der Waals surface area contributed by atoms with E-state index in [1.54, 1.807) is 12.1 Å². The number of hydrazone groups is 1. The number of methoxy groups -OCH3 is 1. The van der Waals surface area contributed by atoms with Gasteiger partial charge in [-0.05, 0) is 23.8 Å². The average Bonchev–Trinajstić information content (AvgIpc) is 2.51. The first-order valence-corrected chi connectivity index (χ1v) is 7.15. The Morgan fingerprint density at radius 2 is 2.08 bits per heavy atom. The monoisotopic (exact) mass is 332 g/mol. The van der Waals surface area contributed by atoms with Crippen molar-refractivity contribution in [1.29, 1.82) is 0 Å². The second kappa shape index (κ2) is 6.57. The highest BCUT2D eigenvalue weighted by Gasteiger charge is 2.22. The number of nitrogens with two attached hydrogens (primary N) is 1. The van der Waals surface area contributed by atoms with Gasteiger partial charge in [-0.3, -0.25) is 4.79 Å². The third kappa shape index (κ3) is 3.62. The lowest BCUT2D eigenvalue weighted by Crippen LogP contribution is -2.38. The highest BCUT2D eigenvalue weighted by Crippen LogP contribution is 2.25. The molecule has 0 fully saturated rings. The Morgan fingerprint density at radius 1 is 1.38 bits per heavy atom. The van der Waals surface area contributed by atoms with Crippen LogP contribution in [0.4, 0.5) is 5.95 Å². The number of rotatable bonds is 4. The number of ether oxygens (including phenoxy) is 1. The van der Waals surface area contributed by atoms with Crippen molar-refractivity contribution < 1.29 is 9.84 Å². The number of nitrogens with zero attached hydrogens (tertiary/aromatic N) is 4. The molecule has 0 saturated heterocycles. The molecule has 0 bridgehead atoms. The van der Waals surface area contributed by atoms with Gasteiger partial charge in [0.15, 0.2) is 11.5 Å². The topological polar surface area (TPSA) is 128 Å². The van der Waals surface area contributed by atoms with Crippen molar-refractivity contribution in [1.82, 2.24) is 14.9 Å². The van der Waals surface area contributed by atoms with Crippen LogP contribution in [-0.2, 0) is 5.41 Å². The number of phenolic OH excluding ortho intramolecular Hbond substituents is 1. The Bertz CT molecular complexity index is 823. The van der Waals surface area contributed by atoms with Crippen molar-refractivity contribution in [3.63, 3.8) is 0 Å². The summed E-state index contributed by atoms with van der Waals surface area (Å²) in [7, 11) is 1.45. The predicted molar refractivity (Wildman–Crippen MR) is 91.0 cm³/mol. The standard InChI is InChI=1S/C15H20N6O3/c1-15(2,3)12-13(23)21(16)14(20-18-12)19-17-8-9-5-6-10(22)11(7-9)24-4/h5-8,22H,16H2,1-4H3,(H,19,20). The number of aromatic nitrogens is 3. The fourth-order valence-electron chi connectivity index (χ4n) is 1.88. The van der Waals surface area contributed by atoms with Crippen LogP contribution in [0.15, 0.2) is 28.1 Å². The number of benzene rings is 1. The third-order valence-corrected chi connectivity index (χ3v) is 3.19. The molecule has 0 aliphatic carbocycles. The quantitative estimate of drug-likeness (QED) is 0.429. The van der Waals surface area contributed by atoms with Gasteiger partial charge >= 0.3 is 0 Å². The fourth-order valence-corrected chi connectivity index (χ4v) is 1.88. The normalized spacial score (nSPS) is 11.7. The highest BCUT2D eigenvalue weighted by atomic mass is 16.5. The number of phenols is 1. The minimum Gasteiger partial charge on any atom is -0.504 e. The Labute approximate surface area is 138 Å². The van der Waals surface area contributed by atoms with Crippen LogP contribution in [-0.4, -0.2) is 33.3 Å². The summed E-state index contributed by atoms with van der Waals surface area (Å²) in [5.41, 5.74) is 2.59. The zero-order chi connectivity index (χ0) is 17.9. The fraction of sp³-hybridized carbons (Fsp3) is 0.333. The molecule has 2 rings (SSSR count). The van der Waals surface area contributed by atoms with E-state index < -0.39 is 11.0 Å². The number of anilines is 1. The van der Waals surface area contributed by atoms with Crippen molar-refractivity contribution in [3.8, 4) is 11.5 Å². The molecular formula is C15H20N6O3. The van der Waals surface area contributed by atoms with Gasteiger partial charge in [0.25, 0.3) is 11.5 Å². The maximum atomic E-state index is 12.2. The van der Waals surface area contributed by atoms with E-state index in [4.69, 9.17) is 10.6 Å². The summed E-state index contributed by atoms with van der Waals surface area (Å²) in [6.45, 7) is 5.55. The molecule has 128 valence electrons. The summed E-state index contributed by atoms with van der Waals surface area (Å²) in [6.07, 6.45) is 1.46. The van der Waals surface area contributed by atoms with Gasteiger partial charge in [0, 0.05) is 5.41 Å². The van der Waals surface area contributed by atoms with Crippen LogP contribution in [0.5, 0.6) is 11.5 Å². The summed E-state index contributed by atoms with van der Waals surface area (Å²) in [5, 5.41) is 21.3. The van der Waals surface area contributed by atoms with E-state index in [1.165, 1.54) is 19.4 Å². The molecule has 1 aromatic heterocycles. The van der Waals surface area contributed by atoms with Crippen LogP contribution in [0.3, 0.4) is 0 Å². The highest BCUT2D eigenvalue weighted by molar-refractivity contribution is 5.81. The maximum Gasteiger partial charge on any atom is 0.295 e. The van der Waals surface area contributed by atoms with Crippen LogP contribution in [0, 0.1) is 0 Å². The minimum atomic E-state index is -0.463. The summed E-state index contributed by atoms with van der Waals surface area (Å²) in [4.78, 5) is 12.2. The van der Waals surface area contributed by atoms with Crippen LogP contribution in [0.2, 0.25) is 0 Å². The smallest absolute Gasteiger partial charge is 0.295 e. The number of hydrogen-bond donors (Lipinski definition) is 3. The van der Waals surface area contributed by atoms with Gasteiger partial charge in [-0.15, -0.1) is 10.2 Å². The van der Waals surface area contributed by atoms with E-state index in [0.29, 0.717) is 11.3 Å². The largest absolute Gasteiger partial charge is 0.504 e. The van der Waals surface area contributed by atoms with Gasteiger partial charge in [-0.25, -0.2) is 5.43 Å². The molecule has 0 aliphatic heterocycles. The van der Waals surface area contributed by atoms with Gasteiger partial charge in [0.05, 0.1) is 13.3 Å². The SMILES string of the molecule is COc1cc(C=NNc2nnc(C(C)(C)C)c(=O)n2N)ccc1O. The van der Waals surface area contributed by atoms with Crippen molar-refractivity contribution in [2.24, 2.45) is 5.10 Å². The lowest BCUT2D eigenvalue weighted by Gasteiger charge is -2.16. The first-order chi connectivity index (χ1) is 11.2. The number of hydrogen-bond acceptors (Lipinski definition) is 8. The second-order valence-electron chi connectivity index (χ2n) is 6.10. The molecule has 0 unspecified atom stereocenters. The summed E-state index contributed by atoms with van der Waals surface area (Å²) in [5.74, 6) is 6.10. The maximum absolute atomic E-state index is 12.2. The van der Waals surface area contributed by atoms with E-state index >= 15 is 0 Å². The molecule has 4 N–H and O–H groups in total. The molecule has 9 nitrogen and oxygen atoms in total. The molecule has 0 atom stereocenters. The van der Waals surface area contributed by atoms with Gasteiger partial charge in [0.1, 0.15) is 5.69 Å². The Kier molecular flexibility index (Phi) is 4.72. The van der Waals surface area contributed by atoms with Crippen LogP contribution in [0.1, 0.15) is 32.0 Å². The molecule has 0 aliphatic rings. The van der Waals surface area contributed by atoms with Crippen LogP contribution < -0.4 is 21.6 Å². The second-order valence-corrected chi connectivity index (χ2v) is 6.10. The molecule has 2 aromatic rings. The van der Waals surface area contributed by atoms with E-state index in [2.05, 4.69) is 20.7 Å². The van der Waals surface area contributed by atoms with Crippen molar-refractivity contribution >= 4 is 12.2 Å². The number of aromatic hydroxyl groups is 1. The lowest BCUT2D eigenvalue weighted by atomic mass is 9.93. The summed E-state index contributed by atoms with van der Waals surface area (Å²) in [6, 6.07) is 4.73.